The Kier molecular flexibility index (Phi) is 13.1. The second-order valence-corrected chi connectivity index (χ2v) is 10.7. The molecule has 0 amide bonds. The summed E-state index contributed by atoms with van der Waals surface area (Å²) in [5.74, 6) is -7.51. The normalized spacial score (nSPS) is 12.1. The van der Waals surface area contributed by atoms with Gasteiger partial charge in [0.1, 0.15) is 0 Å². The Morgan fingerprint density at radius 1 is 0.621 bits per heavy atom. The lowest BCUT2D eigenvalue weighted by Gasteiger charge is -2.50. The predicted molar refractivity (Wildman–Crippen MR) is 111 cm³/mol. The summed E-state index contributed by atoms with van der Waals surface area (Å²) in [6.07, 6.45) is 0. The maximum absolute atomic E-state index is 11.2. The summed E-state index contributed by atoms with van der Waals surface area (Å²) in [5.41, 5.74) is -1.85. The maximum Gasteiger partial charge on any atom is 0.313 e. The fraction of sp³-hybridized carbons (Fsp3) is 0.714. The average molecular weight is 495 g/mol. The fourth-order valence-corrected chi connectivity index (χ4v) is 8.70. The van der Waals surface area contributed by atoms with Gasteiger partial charge in [-0.15, -0.1) is 47.0 Å². The first-order chi connectivity index (χ1) is 13.5. The molecule has 0 aliphatic rings. The van der Waals surface area contributed by atoms with Crippen LogP contribution in [0.3, 0.4) is 0 Å². The lowest BCUT2D eigenvalue weighted by molar-refractivity contribution is -0.135. The third-order valence-corrected chi connectivity index (χ3v) is 10.7. The molecule has 0 unspecified atom stereocenters. The number of carbonyl (C=O) groups is 4. The minimum Gasteiger partial charge on any atom is -0.481 e. The van der Waals surface area contributed by atoms with Gasteiger partial charge in [0.25, 0.3) is 0 Å². The van der Waals surface area contributed by atoms with Crippen molar-refractivity contribution in [1.29, 1.82) is 0 Å². The van der Waals surface area contributed by atoms with E-state index in [0.29, 0.717) is 47.0 Å². The fourth-order valence-electron chi connectivity index (χ4n) is 2.11. The van der Waals surface area contributed by atoms with Crippen molar-refractivity contribution >= 4 is 70.9 Å². The molecule has 0 fully saturated rings. The van der Waals surface area contributed by atoms with Crippen LogP contribution in [0.25, 0.3) is 0 Å². The molecule has 11 nitrogen and oxygen atoms in total. The molecule has 29 heavy (non-hydrogen) atoms. The highest BCUT2D eigenvalue weighted by molar-refractivity contribution is 8.24. The molecule has 0 saturated heterocycles. The summed E-state index contributed by atoms with van der Waals surface area (Å²) in [4.78, 5) is 44.5. The zero-order valence-corrected chi connectivity index (χ0v) is 18.2. The molecule has 168 valence electrons. The number of carboxylic acids is 4. The van der Waals surface area contributed by atoms with Crippen LogP contribution in [-0.2, 0) is 19.2 Å². The SMILES string of the molecule is O=C(O)CSC(SCC(=O)O)C(SCC(=O)O)(SCC(=O)O)C(CO)(CO)CO. The van der Waals surface area contributed by atoms with Gasteiger partial charge in [0.05, 0.1) is 56.9 Å². The van der Waals surface area contributed by atoms with Gasteiger partial charge in [-0.25, -0.2) is 0 Å². The smallest absolute Gasteiger partial charge is 0.313 e. The first kappa shape index (κ1) is 28.2. The van der Waals surface area contributed by atoms with E-state index in [9.17, 15) is 34.5 Å². The van der Waals surface area contributed by atoms with Crippen LogP contribution in [0, 0.1) is 5.41 Å². The largest absolute Gasteiger partial charge is 0.481 e. The van der Waals surface area contributed by atoms with Gasteiger partial charge in [-0.05, 0) is 0 Å². The maximum atomic E-state index is 11.2. The van der Waals surface area contributed by atoms with Crippen molar-refractivity contribution in [2.45, 2.75) is 8.66 Å². The quantitative estimate of drug-likeness (QED) is 0.124. The summed E-state index contributed by atoms with van der Waals surface area (Å²) in [7, 11) is 0. The third kappa shape index (κ3) is 8.43. The highest BCUT2D eigenvalue weighted by Crippen LogP contribution is 2.58. The van der Waals surface area contributed by atoms with Crippen LogP contribution in [0.4, 0.5) is 0 Å². The van der Waals surface area contributed by atoms with Crippen LogP contribution in [-0.4, -0.2) is 111 Å². The van der Waals surface area contributed by atoms with Crippen LogP contribution < -0.4 is 0 Å². The Hall–Kier alpha value is -0.840. The molecule has 0 aliphatic carbocycles. The molecule has 0 aliphatic heterocycles. The van der Waals surface area contributed by atoms with Crippen LogP contribution >= 0.6 is 47.0 Å². The van der Waals surface area contributed by atoms with Gasteiger partial charge in [-0.2, -0.15) is 0 Å². The second kappa shape index (κ2) is 13.5. The first-order valence-corrected chi connectivity index (χ1v) is 11.8. The minimum atomic E-state index is -1.85. The predicted octanol–water partition coefficient (Wildman–Crippen LogP) is -0.757. The summed E-state index contributed by atoms with van der Waals surface area (Å²) in [6, 6.07) is 0. The summed E-state index contributed by atoms with van der Waals surface area (Å²) >= 11 is 2.60. The molecule has 0 aromatic carbocycles. The van der Waals surface area contributed by atoms with Crippen molar-refractivity contribution < 1.29 is 54.9 Å². The Labute approximate surface area is 182 Å². The van der Waals surface area contributed by atoms with Gasteiger partial charge in [-0.3, -0.25) is 19.2 Å². The van der Waals surface area contributed by atoms with E-state index in [1.165, 1.54) is 0 Å². The zero-order valence-electron chi connectivity index (χ0n) is 14.9. The molecule has 0 atom stereocenters. The van der Waals surface area contributed by atoms with E-state index in [-0.39, 0.29) is 0 Å². The number of aliphatic hydroxyl groups excluding tert-OH is 3. The van der Waals surface area contributed by atoms with E-state index >= 15 is 0 Å². The van der Waals surface area contributed by atoms with E-state index < -0.39 is 80.8 Å². The molecule has 0 aromatic heterocycles. The van der Waals surface area contributed by atoms with Gasteiger partial charge < -0.3 is 35.7 Å². The number of aliphatic hydroxyl groups is 3. The van der Waals surface area contributed by atoms with Gasteiger partial charge in [0.2, 0.25) is 0 Å². The average Bonchev–Trinajstić information content (AvgIpc) is 2.64. The number of hydrogen-bond acceptors (Lipinski definition) is 11. The lowest BCUT2D eigenvalue weighted by Crippen LogP contribution is -2.57. The summed E-state index contributed by atoms with van der Waals surface area (Å²) < 4.78 is -2.88. The number of carboxylic acid groups (broad SMARTS) is 4. The minimum absolute atomic E-state index is 0.543. The topological polar surface area (TPSA) is 210 Å². The second-order valence-electron chi connectivity index (χ2n) is 5.53. The Morgan fingerprint density at radius 2 is 0.931 bits per heavy atom. The van der Waals surface area contributed by atoms with E-state index in [1.54, 1.807) is 0 Å². The van der Waals surface area contributed by atoms with Gasteiger partial charge in [-0.1, -0.05) is 0 Å². The molecule has 0 radical (unpaired) electrons. The van der Waals surface area contributed by atoms with Gasteiger partial charge in [0.15, 0.2) is 0 Å². The Morgan fingerprint density at radius 3 is 1.17 bits per heavy atom. The molecule has 7 N–H and O–H groups in total. The van der Waals surface area contributed by atoms with E-state index in [1.807, 2.05) is 0 Å². The number of rotatable bonds is 17. The molecule has 0 aromatic rings. The molecular weight excluding hydrogens is 472 g/mol. The zero-order chi connectivity index (χ0) is 22.7. The van der Waals surface area contributed by atoms with Gasteiger partial charge in [0, 0.05) is 0 Å². The highest BCUT2D eigenvalue weighted by atomic mass is 32.2. The summed E-state index contributed by atoms with van der Waals surface area (Å²) in [5, 5.41) is 66.1. The summed E-state index contributed by atoms with van der Waals surface area (Å²) in [6.45, 7) is -2.68. The van der Waals surface area contributed by atoms with Crippen LogP contribution in [0.1, 0.15) is 0 Å². The molecule has 15 heteroatoms. The Bertz CT molecular complexity index is 538. The van der Waals surface area contributed by atoms with Gasteiger partial charge >= 0.3 is 23.9 Å². The van der Waals surface area contributed by atoms with Crippen molar-refractivity contribution in [2.24, 2.45) is 5.41 Å². The highest BCUT2D eigenvalue weighted by Gasteiger charge is 2.57. The molecule has 0 spiro atoms. The monoisotopic (exact) mass is 494 g/mol. The van der Waals surface area contributed by atoms with Crippen LogP contribution in [0.2, 0.25) is 0 Å². The number of hydrogen-bond donors (Lipinski definition) is 7. The van der Waals surface area contributed by atoms with Crippen LogP contribution in [0.15, 0.2) is 0 Å². The van der Waals surface area contributed by atoms with Crippen molar-refractivity contribution in [3.63, 3.8) is 0 Å². The molecule has 0 heterocycles. The van der Waals surface area contributed by atoms with Crippen LogP contribution in [0.5, 0.6) is 0 Å². The molecular formula is C14H22O11S4. The van der Waals surface area contributed by atoms with Crippen molar-refractivity contribution in [1.82, 2.24) is 0 Å². The standard InChI is InChI=1S/C14H22O11S4/c15-5-13(6-16,7-17)14(28-3-10(22)23,29-4-11(24)25)12(26-1-8(18)19)27-2-9(20)21/h12,15-17H,1-7H2,(H,18,19)(H,20,21)(H,22,23)(H,24,25). The molecule has 0 saturated carbocycles. The van der Waals surface area contributed by atoms with E-state index in [4.69, 9.17) is 20.4 Å². The number of thioether (sulfide) groups is 4. The lowest BCUT2D eigenvalue weighted by atomic mass is 9.86. The molecule has 0 bridgehead atoms. The molecule has 0 rings (SSSR count). The van der Waals surface area contributed by atoms with Crippen molar-refractivity contribution in [3.8, 4) is 0 Å². The Balaban J connectivity index is 6.50. The first-order valence-electron chi connectivity index (χ1n) is 7.71. The third-order valence-electron chi connectivity index (χ3n) is 3.49. The van der Waals surface area contributed by atoms with E-state index in [0.717, 1.165) is 0 Å². The van der Waals surface area contributed by atoms with E-state index in [2.05, 4.69) is 0 Å². The van der Waals surface area contributed by atoms with Crippen molar-refractivity contribution in [2.75, 3.05) is 42.8 Å². The number of aliphatic carboxylic acids is 4. The van der Waals surface area contributed by atoms with Crippen molar-refractivity contribution in [3.05, 3.63) is 0 Å².